The molecule has 0 aliphatic heterocycles. The van der Waals surface area contributed by atoms with Gasteiger partial charge in [0.05, 0.1) is 0 Å². The van der Waals surface area contributed by atoms with Gasteiger partial charge in [-0.05, 0) is 89.9 Å². The van der Waals surface area contributed by atoms with Gasteiger partial charge in [0.2, 0.25) is 0 Å². The molecule has 0 saturated carbocycles. The van der Waals surface area contributed by atoms with E-state index in [0.29, 0.717) is 19.3 Å². The number of carbonyl (C=O) groups excluding carboxylic acids is 3. The van der Waals surface area contributed by atoms with Gasteiger partial charge in [-0.1, -0.05) is 284 Å². The van der Waals surface area contributed by atoms with Crippen LogP contribution in [0.15, 0.2) is 109 Å². The zero-order valence-electron chi connectivity index (χ0n) is 48.3. The minimum absolute atomic E-state index is 0.0856. The van der Waals surface area contributed by atoms with E-state index in [1.54, 1.807) is 0 Å². The Kier molecular flexibility index (Phi) is 58.3. The van der Waals surface area contributed by atoms with Crippen LogP contribution in [0.5, 0.6) is 0 Å². The number of ether oxygens (including phenoxy) is 3. The highest BCUT2D eigenvalue weighted by Gasteiger charge is 2.19. The van der Waals surface area contributed by atoms with Gasteiger partial charge < -0.3 is 14.2 Å². The molecule has 1 unspecified atom stereocenters. The molecule has 0 bridgehead atoms. The largest absolute Gasteiger partial charge is 0.462 e. The van der Waals surface area contributed by atoms with E-state index in [9.17, 15) is 14.4 Å². The third-order valence-electron chi connectivity index (χ3n) is 13.0. The Labute approximate surface area is 457 Å². The molecule has 422 valence electrons. The molecule has 0 aromatic rings. The van der Waals surface area contributed by atoms with Crippen LogP contribution >= 0.6 is 0 Å². The topological polar surface area (TPSA) is 78.9 Å². The normalized spacial score (nSPS) is 12.9. The number of hydrogen-bond donors (Lipinski definition) is 0. The molecule has 0 aromatic carbocycles. The first-order valence-electron chi connectivity index (χ1n) is 30.9. The Morgan fingerprint density at radius 3 is 0.824 bits per heavy atom. The lowest BCUT2D eigenvalue weighted by molar-refractivity contribution is -0.167. The fraction of sp³-hybridized carbons (Fsp3) is 0.691. The van der Waals surface area contributed by atoms with Gasteiger partial charge in [0.25, 0.3) is 0 Å². The SMILES string of the molecule is CC/C=C\C/C=C\C/C=C\C/C=C\C/C=C\C/C=C\C/C=C\C/C=C\C/C=C\CCCCCC(=O)OCC(COC(=O)CCCCCCCCCCCC)OC(=O)CCCCCCCCCCCCCCCCC. The number of carbonyl (C=O) groups is 3. The van der Waals surface area contributed by atoms with E-state index in [1.807, 2.05) is 0 Å². The maximum atomic E-state index is 12.8. The van der Waals surface area contributed by atoms with Gasteiger partial charge >= 0.3 is 17.9 Å². The number of allylic oxidation sites excluding steroid dienone is 18. The summed E-state index contributed by atoms with van der Waals surface area (Å²) in [5.41, 5.74) is 0. The molecule has 0 spiro atoms. The highest BCUT2D eigenvalue weighted by atomic mass is 16.6. The van der Waals surface area contributed by atoms with Crippen molar-refractivity contribution in [3.05, 3.63) is 109 Å². The van der Waals surface area contributed by atoms with Gasteiger partial charge in [-0.2, -0.15) is 0 Å². The van der Waals surface area contributed by atoms with Gasteiger partial charge in [0.1, 0.15) is 13.2 Å². The van der Waals surface area contributed by atoms with Crippen molar-refractivity contribution in [1.82, 2.24) is 0 Å². The van der Waals surface area contributed by atoms with E-state index in [2.05, 4.69) is 130 Å². The molecular weight excluding hydrogens is 913 g/mol. The maximum absolute atomic E-state index is 12.8. The van der Waals surface area contributed by atoms with Crippen molar-refractivity contribution in [3.63, 3.8) is 0 Å². The predicted molar refractivity (Wildman–Crippen MR) is 320 cm³/mol. The van der Waals surface area contributed by atoms with Crippen molar-refractivity contribution in [1.29, 1.82) is 0 Å². The lowest BCUT2D eigenvalue weighted by Gasteiger charge is -2.18. The first kappa shape index (κ1) is 70.1. The lowest BCUT2D eigenvalue weighted by atomic mass is 10.0. The third-order valence-corrected chi connectivity index (χ3v) is 13.0. The van der Waals surface area contributed by atoms with Crippen molar-refractivity contribution < 1.29 is 28.6 Å². The fourth-order valence-corrected chi connectivity index (χ4v) is 8.44. The van der Waals surface area contributed by atoms with Crippen LogP contribution in [-0.4, -0.2) is 37.2 Å². The summed E-state index contributed by atoms with van der Waals surface area (Å²) in [4.78, 5) is 38.1. The van der Waals surface area contributed by atoms with Gasteiger partial charge in [-0.25, -0.2) is 0 Å². The summed E-state index contributed by atoms with van der Waals surface area (Å²) in [5.74, 6) is -0.915. The van der Waals surface area contributed by atoms with E-state index in [0.717, 1.165) is 122 Å². The number of esters is 3. The van der Waals surface area contributed by atoms with Crippen LogP contribution in [0.1, 0.15) is 284 Å². The van der Waals surface area contributed by atoms with Crippen LogP contribution in [0.4, 0.5) is 0 Å². The fourth-order valence-electron chi connectivity index (χ4n) is 8.44. The molecule has 0 aliphatic carbocycles. The molecule has 0 heterocycles. The number of rotatable bonds is 55. The quantitative estimate of drug-likeness (QED) is 0.0261. The molecule has 0 N–H and O–H groups in total. The van der Waals surface area contributed by atoms with Gasteiger partial charge in [0, 0.05) is 19.3 Å². The average Bonchev–Trinajstić information content (AvgIpc) is 3.40. The zero-order valence-corrected chi connectivity index (χ0v) is 48.3. The van der Waals surface area contributed by atoms with Crippen molar-refractivity contribution >= 4 is 17.9 Å². The summed E-state index contributed by atoms with van der Waals surface area (Å²) >= 11 is 0. The molecule has 0 radical (unpaired) electrons. The minimum Gasteiger partial charge on any atom is -0.462 e. The summed E-state index contributed by atoms with van der Waals surface area (Å²) < 4.78 is 16.8. The first-order chi connectivity index (χ1) is 36.5. The Balaban J connectivity index is 4.30. The number of hydrogen-bond acceptors (Lipinski definition) is 6. The molecule has 0 fully saturated rings. The highest BCUT2D eigenvalue weighted by molar-refractivity contribution is 5.71. The molecule has 1 atom stereocenters. The van der Waals surface area contributed by atoms with E-state index in [1.165, 1.54) is 122 Å². The molecule has 6 heteroatoms. The predicted octanol–water partition coefficient (Wildman–Crippen LogP) is 21.0. The Hall–Kier alpha value is -3.93. The Morgan fingerprint density at radius 2 is 0.527 bits per heavy atom. The summed E-state index contributed by atoms with van der Waals surface area (Å²) in [6.07, 6.45) is 83.8. The molecule has 0 rings (SSSR count). The second-order valence-corrected chi connectivity index (χ2v) is 20.2. The van der Waals surface area contributed by atoms with Crippen LogP contribution in [0.2, 0.25) is 0 Å². The maximum Gasteiger partial charge on any atom is 0.306 e. The molecule has 74 heavy (non-hydrogen) atoms. The van der Waals surface area contributed by atoms with Gasteiger partial charge in [0.15, 0.2) is 6.10 Å². The van der Waals surface area contributed by atoms with Gasteiger partial charge in [-0.15, -0.1) is 0 Å². The lowest BCUT2D eigenvalue weighted by Crippen LogP contribution is -2.30. The standard InChI is InChI=1S/C68H114O6/c1-4-7-10-13-16-19-22-24-26-27-28-29-30-31-32-33-34-35-36-37-38-39-40-41-43-44-46-49-52-55-58-61-67(70)73-64-65(63-72-66(69)60-57-54-51-48-21-18-15-12-9-6-3)74-68(71)62-59-56-53-50-47-45-42-25-23-20-17-14-11-8-5-2/h7,10,16,19,24,26,28-29,31-32,34-35,37-38,40-41,44,46,65H,4-6,8-9,11-15,17-18,20-23,25,27,30,33,36,39,42-43,45,47-64H2,1-3H3/b10-7-,19-16-,26-24-,29-28-,32-31-,35-34-,38-37-,41-40-,46-44-. The van der Waals surface area contributed by atoms with E-state index in [4.69, 9.17) is 14.2 Å². The van der Waals surface area contributed by atoms with Gasteiger partial charge in [-0.3, -0.25) is 14.4 Å². The summed E-state index contributed by atoms with van der Waals surface area (Å²) in [5, 5.41) is 0. The van der Waals surface area contributed by atoms with Crippen molar-refractivity contribution in [2.75, 3.05) is 13.2 Å². The van der Waals surface area contributed by atoms with E-state index in [-0.39, 0.29) is 31.1 Å². The highest BCUT2D eigenvalue weighted by Crippen LogP contribution is 2.16. The monoisotopic (exact) mass is 1030 g/mol. The summed E-state index contributed by atoms with van der Waals surface area (Å²) in [6, 6.07) is 0. The van der Waals surface area contributed by atoms with Crippen molar-refractivity contribution in [2.45, 2.75) is 290 Å². The van der Waals surface area contributed by atoms with Crippen LogP contribution in [0, 0.1) is 0 Å². The molecule has 0 aliphatic rings. The Morgan fingerprint density at radius 1 is 0.284 bits per heavy atom. The third kappa shape index (κ3) is 59.0. The van der Waals surface area contributed by atoms with Crippen molar-refractivity contribution in [3.8, 4) is 0 Å². The molecule has 0 aromatic heterocycles. The van der Waals surface area contributed by atoms with Crippen LogP contribution < -0.4 is 0 Å². The second kappa shape index (κ2) is 61.6. The van der Waals surface area contributed by atoms with Crippen molar-refractivity contribution in [2.24, 2.45) is 0 Å². The second-order valence-electron chi connectivity index (χ2n) is 20.2. The number of unbranched alkanes of at least 4 members (excludes halogenated alkanes) is 26. The summed E-state index contributed by atoms with van der Waals surface area (Å²) in [7, 11) is 0. The van der Waals surface area contributed by atoms with E-state index >= 15 is 0 Å². The summed E-state index contributed by atoms with van der Waals surface area (Å²) in [6.45, 7) is 6.50. The Bertz CT molecular complexity index is 1510. The zero-order chi connectivity index (χ0) is 53.6. The minimum atomic E-state index is -0.789. The first-order valence-corrected chi connectivity index (χ1v) is 30.9. The smallest absolute Gasteiger partial charge is 0.306 e. The molecule has 0 saturated heterocycles. The molecular formula is C68H114O6. The average molecular weight is 1030 g/mol. The van der Waals surface area contributed by atoms with E-state index < -0.39 is 6.10 Å². The van der Waals surface area contributed by atoms with Crippen LogP contribution in [0.3, 0.4) is 0 Å². The molecule has 6 nitrogen and oxygen atoms in total. The molecule has 0 amide bonds. The van der Waals surface area contributed by atoms with Crippen LogP contribution in [0.25, 0.3) is 0 Å². The van der Waals surface area contributed by atoms with Crippen LogP contribution in [-0.2, 0) is 28.6 Å².